The first-order chi connectivity index (χ1) is 9.63. The van der Waals surface area contributed by atoms with E-state index in [1.165, 1.54) is 0 Å². The monoisotopic (exact) mass is 277 g/mol. The number of ketones is 1. The topological polar surface area (TPSA) is 36.4 Å². The summed E-state index contributed by atoms with van der Waals surface area (Å²) in [6, 6.07) is 3.68. The molecule has 0 aromatic carbocycles. The summed E-state index contributed by atoms with van der Waals surface area (Å²) in [5.41, 5.74) is 0.720. The lowest BCUT2D eigenvalue weighted by atomic mass is 10.1. The zero-order valence-corrected chi connectivity index (χ0v) is 13.2. The van der Waals surface area contributed by atoms with E-state index >= 15 is 0 Å². The molecule has 0 fully saturated rings. The van der Waals surface area contributed by atoms with Gasteiger partial charge in [-0.2, -0.15) is 0 Å². The molecule has 1 aromatic heterocycles. The van der Waals surface area contributed by atoms with Gasteiger partial charge in [0.1, 0.15) is 5.82 Å². The van der Waals surface area contributed by atoms with Crippen molar-refractivity contribution in [3.05, 3.63) is 23.9 Å². The van der Waals surface area contributed by atoms with Crippen LogP contribution in [0.15, 0.2) is 18.3 Å². The van der Waals surface area contributed by atoms with Crippen LogP contribution < -0.4 is 4.90 Å². The number of hydrogen-bond donors (Lipinski definition) is 0. The van der Waals surface area contributed by atoms with Crippen LogP contribution in [0.25, 0.3) is 0 Å². The highest BCUT2D eigenvalue weighted by atomic mass is 16.1. The Morgan fingerprint density at radius 2 is 1.85 bits per heavy atom. The molecule has 0 atom stereocenters. The Morgan fingerprint density at radius 1 is 1.15 bits per heavy atom. The van der Waals surface area contributed by atoms with E-state index in [0.29, 0.717) is 0 Å². The molecule has 0 aliphatic carbocycles. The molecular formula is C16H27N3O. The molecule has 1 rings (SSSR count). The van der Waals surface area contributed by atoms with Gasteiger partial charge in [0, 0.05) is 19.3 Å². The molecule has 0 N–H and O–H groups in total. The Bertz CT molecular complexity index is 416. The molecule has 4 heteroatoms. The normalized spacial score (nSPS) is 10.8. The van der Waals surface area contributed by atoms with Crippen molar-refractivity contribution in [2.45, 2.75) is 34.1 Å². The SMILES string of the molecule is CCN(CC)CCCN(CC)c1ncccc1C(C)=O. The Labute approximate surface area is 122 Å². The molecule has 0 saturated carbocycles. The number of anilines is 1. The van der Waals surface area contributed by atoms with E-state index < -0.39 is 0 Å². The van der Waals surface area contributed by atoms with Gasteiger partial charge >= 0.3 is 0 Å². The van der Waals surface area contributed by atoms with Gasteiger partial charge in [-0.3, -0.25) is 4.79 Å². The third-order valence-electron chi connectivity index (χ3n) is 3.64. The largest absolute Gasteiger partial charge is 0.356 e. The van der Waals surface area contributed by atoms with Crippen molar-refractivity contribution in [3.8, 4) is 0 Å². The number of rotatable bonds is 9. The zero-order chi connectivity index (χ0) is 15.0. The lowest BCUT2D eigenvalue weighted by molar-refractivity contribution is 0.101. The van der Waals surface area contributed by atoms with E-state index in [9.17, 15) is 4.79 Å². The van der Waals surface area contributed by atoms with E-state index in [1.54, 1.807) is 13.1 Å². The van der Waals surface area contributed by atoms with Gasteiger partial charge in [0.15, 0.2) is 5.78 Å². The molecule has 0 aliphatic rings. The third kappa shape index (κ3) is 4.60. The van der Waals surface area contributed by atoms with Crippen LogP contribution in [0.4, 0.5) is 5.82 Å². The van der Waals surface area contributed by atoms with Crippen LogP contribution in [-0.4, -0.2) is 48.4 Å². The van der Waals surface area contributed by atoms with Crippen molar-refractivity contribution in [3.63, 3.8) is 0 Å². The Hall–Kier alpha value is -1.42. The summed E-state index contributed by atoms with van der Waals surface area (Å²) in [5, 5.41) is 0. The van der Waals surface area contributed by atoms with Gasteiger partial charge in [0.25, 0.3) is 0 Å². The highest BCUT2D eigenvalue weighted by Gasteiger charge is 2.13. The molecule has 1 heterocycles. The maximum absolute atomic E-state index is 11.7. The molecule has 0 spiro atoms. The third-order valence-corrected chi connectivity index (χ3v) is 3.64. The molecule has 0 amide bonds. The highest BCUT2D eigenvalue weighted by molar-refractivity contribution is 5.98. The molecule has 1 aromatic rings. The van der Waals surface area contributed by atoms with Crippen molar-refractivity contribution in [2.75, 3.05) is 37.6 Å². The molecule has 112 valence electrons. The molecular weight excluding hydrogens is 250 g/mol. The summed E-state index contributed by atoms with van der Waals surface area (Å²) in [7, 11) is 0. The molecule has 0 aliphatic heterocycles. The van der Waals surface area contributed by atoms with Crippen molar-refractivity contribution >= 4 is 11.6 Å². The quantitative estimate of drug-likeness (QED) is 0.650. The summed E-state index contributed by atoms with van der Waals surface area (Å²) < 4.78 is 0. The number of carbonyl (C=O) groups excluding carboxylic acids is 1. The molecule has 0 unspecified atom stereocenters. The second-order valence-corrected chi connectivity index (χ2v) is 4.89. The van der Waals surface area contributed by atoms with E-state index in [0.717, 1.165) is 50.5 Å². The maximum Gasteiger partial charge on any atom is 0.163 e. The maximum atomic E-state index is 11.7. The predicted octanol–water partition coefficient (Wildman–Crippen LogP) is 2.84. The first-order valence-electron chi connectivity index (χ1n) is 7.57. The average molecular weight is 277 g/mol. The van der Waals surface area contributed by atoms with Crippen LogP contribution >= 0.6 is 0 Å². The number of hydrogen-bond acceptors (Lipinski definition) is 4. The molecule has 0 bridgehead atoms. The van der Waals surface area contributed by atoms with E-state index in [4.69, 9.17) is 0 Å². The fourth-order valence-electron chi connectivity index (χ4n) is 2.36. The number of Topliss-reactive ketones (excluding diaryl/α,β-unsaturated/α-hetero) is 1. The van der Waals surface area contributed by atoms with Gasteiger partial charge in [-0.15, -0.1) is 0 Å². The summed E-state index contributed by atoms with van der Waals surface area (Å²) in [4.78, 5) is 20.7. The van der Waals surface area contributed by atoms with E-state index in [1.807, 2.05) is 12.1 Å². The Morgan fingerprint density at radius 3 is 2.40 bits per heavy atom. The fraction of sp³-hybridized carbons (Fsp3) is 0.625. The summed E-state index contributed by atoms with van der Waals surface area (Å²) in [5.74, 6) is 0.900. The summed E-state index contributed by atoms with van der Waals surface area (Å²) in [6.45, 7) is 13.2. The van der Waals surface area contributed by atoms with Crippen molar-refractivity contribution in [2.24, 2.45) is 0 Å². The molecule has 4 nitrogen and oxygen atoms in total. The number of pyridine rings is 1. The lowest BCUT2D eigenvalue weighted by Gasteiger charge is -2.25. The van der Waals surface area contributed by atoms with Crippen molar-refractivity contribution in [1.82, 2.24) is 9.88 Å². The lowest BCUT2D eigenvalue weighted by Crippen LogP contribution is -2.31. The Kier molecular flexibility index (Phi) is 7.23. The van der Waals surface area contributed by atoms with Gasteiger partial charge in [0.05, 0.1) is 5.56 Å². The molecule has 0 radical (unpaired) electrons. The van der Waals surface area contributed by atoms with Crippen LogP contribution in [-0.2, 0) is 0 Å². The standard InChI is InChI=1S/C16H27N3O/c1-5-18(6-2)12-9-13-19(7-3)16-15(14(4)20)10-8-11-17-16/h8,10-11H,5-7,9,12-13H2,1-4H3. The number of aromatic nitrogens is 1. The second kappa shape index (κ2) is 8.69. The summed E-state index contributed by atoms with van der Waals surface area (Å²) in [6.07, 6.45) is 2.85. The highest BCUT2D eigenvalue weighted by Crippen LogP contribution is 2.17. The predicted molar refractivity (Wildman–Crippen MR) is 84.5 cm³/mol. The first kappa shape index (κ1) is 16.6. The van der Waals surface area contributed by atoms with Crippen LogP contribution in [0, 0.1) is 0 Å². The van der Waals surface area contributed by atoms with Gasteiger partial charge in [-0.1, -0.05) is 13.8 Å². The minimum Gasteiger partial charge on any atom is -0.356 e. The number of carbonyl (C=O) groups is 1. The van der Waals surface area contributed by atoms with E-state index in [-0.39, 0.29) is 5.78 Å². The van der Waals surface area contributed by atoms with Crippen LogP contribution in [0.1, 0.15) is 44.5 Å². The molecule has 0 saturated heterocycles. The van der Waals surface area contributed by atoms with Crippen LogP contribution in [0.2, 0.25) is 0 Å². The molecule has 20 heavy (non-hydrogen) atoms. The summed E-state index contributed by atoms with van der Waals surface area (Å²) >= 11 is 0. The Balaban J connectivity index is 2.69. The van der Waals surface area contributed by atoms with Crippen molar-refractivity contribution in [1.29, 1.82) is 0 Å². The zero-order valence-electron chi connectivity index (χ0n) is 13.2. The van der Waals surface area contributed by atoms with E-state index in [2.05, 4.69) is 35.6 Å². The van der Waals surface area contributed by atoms with Gasteiger partial charge in [-0.05, 0) is 52.0 Å². The number of nitrogens with zero attached hydrogens (tertiary/aromatic N) is 3. The van der Waals surface area contributed by atoms with Crippen LogP contribution in [0.5, 0.6) is 0 Å². The average Bonchev–Trinajstić information content (AvgIpc) is 2.47. The minimum absolute atomic E-state index is 0.0790. The van der Waals surface area contributed by atoms with Gasteiger partial charge < -0.3 is 9.80 Å². The van der Waals surface area contributed by atoms with Gasteiger partial charge in [-0.25, -0.2) is 4.98 Å². The smallest absolute Gasteiger partial charge is 0.163 e. The minimum atomic E-state index is 0.0790. The fourth-order valence-corrected chi connectivity index (χ4v) is 2.36. The van der Waals surface area contributed by atoms with Gasteiger partial charge in [0.2, 0.25) is 0 Å². The first-order valence-corrected chi connectivity index (χ1v) is 7.57. The van der Waals surface area contributed by atoms with Crippen LogP contribution in [0.3, 0.4) is 0 Å². The second-order valence-electron chi connectivity index (χ2n) is 4.89. The van der Waals surface area contributed by atoms with Crippen molar-refractivity contribution < 1.29 is 4.79 Å².